The Hall–Kier alpha value is -3.19. The summed E-state index contributed by atoms with van der Waals surface area (Å²) in [6.07, 6.45) is 2.58. The van der Waals surface area contributed by atoms with E-state index in [-0.39, 0.29) is 23.3 Å². The lowest BCUT2D eigenvalue weighted by Gasteiger charge is -2.09. The highest BCUT2D eigenvalue weighted by Crippen LogP contribution is 2.14. The lowest BCUT2D eigenvalue weighted by Crippen LogP contribution is -2.29. The number of imidazole rings is 1. The Morgan fingerprint density at radius 1 is 1.03 bits per heavy atom. The average molecular weight is 393 g/mol. The average Bonchev–Trinajstić information content (AvgIpc) is 3.10. The molecule has 152 valence electrons. The first-order chi connectivity index (χ1) is 14.0. The molecule has 0 spiro atoms. The van der Waals surface area contributed by atoms with Crippen LogP contribution in [-0.4, -0.2) is 53.3 Å². The fraction of sp³-hybridized carbons (Fsp3) is 0.318. The largest absolute Gasteiger partial charge is 0.349 e. The zero-order valence-electron chi connectivity index (χ0n) is 17.1. The van der Waals surface area contributed by atoms with Crippen molar-refractivity contribution < 1.29 is 9.59 Å². The van der Waals surface area contributed by atoms with Crippen LogP contribution >= 0.6 is 0 Å². The molecule has 0 fully saturated rings. The molecule has 0 aliphatic carbocycles. The Morgan fingerprint density at radius 3 is 2.55 bits per heavy atom. The topological polar surface area (TPSA) is 78.7 Å². The summed E-state index contributed by atoms with van der Waals surface area (Å²) in [6.45, 7) is 3.85. The van der Waals surface area contributed by atoms with Gasteiger partial charge in [0.25, 0.3) is 11.8 Å². The maximum Gasteiger partial charge on any atom is 0.287 e. The molecule has 0 radical (unpaired) electrons. The third kappa shape index (κ3) is 5.00. The summed E-state index contributed by atoms with van der Waals surface area (Å²) in [6, 6.07) is 13.3. The van der Waals surface area contributed by atoms with Crippen LogP contribution in [0.3, 0.4) is 0 Å². The van der Waals surface area contributed by atoms with Crippen LogP contribution in [0.5, 0.6) is 0 Å². The number of hydrogen-bond donors (Lipinski definition) is 2. The first-order valence-electron chi connectivity index (χ1n) is 9.70. The van der Waals surface area contributed by atoms with Gasteiger partial charge in [0.2, 0.25) is 5.82 Å². The van der Waals surface area contributed by atoms with Crippen LogP contribution in [0.25, 0.3) is 5.52 Å². The van der Waals surface area contributed by atoms with Gasteiger partial charge < -0.3 is 15.5 Å². The minimum absolute atomic E-state index is 0.214. The summed E-state index contributed by atoms with van der Waals surface area (Å²) in [7, 11) is 3.98. The van der Waals surface area contributed by atoms with Crippen LogP contribution in [0, 0.1) is 6.92 Å². The van der Waals surface area contributed by atoms with E-state index in [0.717, 1.165) is 24.1 Å². The fourth-order valence-electron chi connectivity index (χ4n) is 3.11. The molecule has 0 saturated heterocycles. The number of fused-ring (bicyclic) bond motifs is 1. The van der Waals surface area contributed by atoms with E-state index in [9.17, 15) is 9.59 Å². The highest BCUT2D eigenvalue weighted by molar-refractivity contribution is 6.02. The Labute approximate surface area is 170 Å². The molecule has 0 aliphatic heterocycles. The number of aromatic nitrogens is 2. The van der Waals surface area contributed by atoms with Gasteiger partial charge >= 0.3 is 0 Å². The number of carbonyl (C=O) groups is 2. The lowest BCUT2D eigenvalue weighted by molar-refractivity contribution is 0.0941. The quantitative estimate of drug-likeness (QED) is 0.576. The fourth-order valence-corrected chi connectivity index (χ4v) is 3.11. The lowest BCUT2D eigenvalue weighted by atomic mass is 10.1. The van der Waals surface area contributed by atoms with Crippen molar-refractivity contribution in [3.8, 4) is 0 Å². The molecule has 0 bridgehead atoms. The predicted octanol–water partition coefficient (Wildman–Crippen LogP) is 2.25. The Morgan fingerprint density at radius 2 is 1.79 bits per heavy atom. The Balaban J connectivity index is 1.75. The highest BCUT2D eigenvalue weighted by Gasteiger charge is 2.21. The molecular formula is C22H27N5O2. The van der Waals surface area contributed by atoms with E-state index < -0.39 is 0 Å². The maximum atomic E-state index is 12.8. The number of rotatable bonds is 8. The van der Waals surface area contributed by atoms with Gasteiger partial charge in [-0.05, 0) is 57.2 Å². The second kappa shape index (κ2) is 9.34. The highest BCUT2D eigenvalue weighted by atomic mass is 16.2. The molecule has 2 heterocycles. The van der Waals surface area contributed by atoms with Gasteiger partial charge in [0.1, 0.15) is 0 Å². The normalized spacial score (nSPS) is 11.0. The van der Waals surface area contributed by atoms with Crippen LogP contribution in [0.2, 0.25) is 0 Å². The molecule has 3 rings (SSSR count). The SMILES string of the molecule is Cc1ccccc1CNC(=O)c1nc(C(=O)NCCCN(C)C)n2ccccc12. The molecule has 1 aromatic carbocycles. The van der Waals surface area contributed by atoms with Crippen molar-refractivity contribution in [3.05, 3.63) is 71.3 Å². The molecule has 2 aromatic heterocycles. The van der Waals surface area contributed by atoms with Gasteiger partial charge in [-0.1, -0.05) is 30.3 Å². The summed E-state index contributed by atoms with van der Waals surface area (Å²) in [5, 5.41) is 5.80. The van der Waals surface area contributed by atoms with E-state index in [0.29, 0.717) is 18.6 Å². The first-order valence-corrected chi connectivity index (χ1v) is 9.70. The first kappa shape index (κ1) is 20.5. The molecule has 0 unspecified atom stereocenters. The zero-order chi connectivity index (χ0) is 20.8. The van der Waals surface area contributed by atoms with E-state index in [4.69, 9.17) is 0 Å². The Kier molecular flexibility index (Phi) is 6.61. The predicted molar refractivity (Wildman–Crippen MR) is 113 cm³/mol. The number of nitrogens with one attached hydrogen (secondary N) is 2. The zero-order valence-corrected chi connectivity index (χ0v) is 17.1. The van der Waals surface area contributed by atoms with Gasteiger partial charge in [-0.25, -0.2) is 4.98 Å². The van der Waals surface area contributed by atoms with Gasteiger partial charge in [0.05, 0.1) is 5.52 Å². The smallest absolute Gasteiger partial charge is 0.287 e. The summed E-state index contributed by atoms with van der Waals surface area (Å²) in [4.78, 5) is 31.8. The number of carbonyl (C=O) groups excluding carboxylic acids is 2. The van der Waals surface area contributed by atoms with Crippen molar-refractivity contribution in [1.29, 1.82) is 0 Å². The monoisotopic (exact) mass is 393 g/mol. The van der Waals surface area contributed by atoms with Crippen LogP contribution in [0.4, 0.5) is 0 Å². The molecule has 2 N–H and O–H groups in total. The summed E-state index contributed by atoms with van der Waals surface area (Å²) < 4.78 is 1.66. The molecule has 3 aromatic rings. The number of aryl methyl sites for hydroxylation is 1. The number of nitrogens with zero attached hydrogens (tertiary/aromatic N) is 3. The van der Waals surface area contributed by atoms with Gasteiger partial charge in [0, 0.05) is 19.3 Å². The van der Waals surface area contributed by atoms with Crippen molar-refractivity contribution in [2.24, 2.45) is 0 Å². The van der Waals surface area contributed by atoms with Crippen LogP contribution in [0.1, 0.15) is 38.7 Å². The Bertz CT molecular complexity index is 1010. The minimum Gasteiger partial charge on any atom is -0.349 e. The van der Waals surface area contributed by atoms with E-state index in [1.165, 1.54) is 0 Å². The standard InChI is InChI=1S/C22H27N5O2/c1-16-9-4-5-10-17(16)15-24-21(28)19-18-11-6-7-14-27(18)20(25-19)22(29)23-12-8-13-26(2)3/h4-7,9-11,14H,8,12-13,15H2,1-3H3,(H,23,29)(H,24,28). The third-order valence-electron chi connectivity index (χ3n) is 4.73. The second-order valence-electron chi connectivity index (χ2n) is 7.26. The molecule has 7 nitrogen and oxygen atoms in total. The van der Waals surface area contributed by atoms with Crippen LogP contribution in [-0.2, 0) is 6.54 Å². The summed E-state index contributed by atoms with van der Waals surface area (Å²) >= 11 is 0. The third-order valence-corrected chi connectivity index (χ3v) is 4.73. The number of benzene rings is 1. The van der Waals surface area contributed by atoms with Gasteiger partial charge in [-0.3, -0.25) is 14.0 Å². The van der Waals surface area contributed by atoms with E-state index >= 15 is 0 Å². The van der Waals surface area contributed by atoms with Gasteiger partial charge in [-0.15, -0.1) is 0 Å². The number of hydrogen-bond acceptors (Lipinski definition) is 4. The van der Waals surface area contributed by atoms with Crippen LogP contribution < -0.4 is 10.6 Å². The number of pyridine rings is 1. The summed E-state index contributed by atoms with van der Waals surface area (Å²) in [5.41, 5.74) is 3.01. The molecule has 0 saturated carbocycles. The van der Waals surface area contributed by atoms with Crippen molar-refractivity contribution in [1.82, 2.24) is 24.9 Å². The molecule has 0 atom stereocenters. The van der Waals surface area contributed by atoms with E-state index in [1.807, 2.05) is 57.4 Å². The molecule has 2 amide bonds. The molecular weight excluding hydrogens is 366 g/mol. The maximum absolute atomic E-state index is 12.8. The molecule has 0 aliphatic rings. The minimum atomic E-state index is -0.302. The second-order valence-corrected chi connectivity index (χ2v) is 7.26. The van der Waals surface area contributed by atoms with E-state index in [1.54, 1.807) is 16.7 Å². The van der Waals surface area contributed by atoms with Gasteiger partial charge in [0.15, 0.2) is 5.69 Å². The molecule has 7 heteroatoms. The van der Waals surface area contributed by atoms with Gasteiger partial charge in [-0.2, -0.15) is 0 Å². The van der Waals surface area contributed by atoms with Crippen molar-refractivity contribution in [2.75, 3.05) is 27.2 Å². The van der Waals surface area contributed by atoms with E-state index in [2.05, 4.69) is 20.5 Å². The molecule has 29 heavy (non-hydrogen) atoms. The van der Waals surface area contributed by atoms with Crippen molar-refractivity contribution in [3.63, 3.8) is 0 Å². The van der Waals surface area contributed by atoms with Crippen molar-refractivity contribution in [2.45, 2.75) is 19.9 Å². The number of amides is 2. The van der Waals surface area contributed by atoms with Crippen LogP contribution in [0.15, 0.2) is 48.7 Å². The summed E-state index contributed by atoms with van der Waals surface area (Å²) in [5.74, 6) is -0.377. The van der Waals surface area contributed by atoms with Crippen molar-refractivity contribution >= 4 is 17.3 Å².